The maximum Gasteiger partial charge on any atom is 0.211 e. The first kappa shape index (κ1) is 16.0. The van der Waals surface area contributed by atoms with Crippen LogP contribution >= 0.6 is 0 Å². The topological polar surface area (TPSA) is 4.10 Å². The third kappa shape index (κ3) is 3.96. The summed E-state index contributed by atoms with van der Waals surface area (Å²) in [5, 5.41) is 0. The molecule has 4 rings (SSSR count). The molecule has 2 heterocycles. The molecular weight excluding hydrogens is 314 g/mol. The lowest BCUT2D eigenvalue weighted by Crippen LogP contribution is -2.20. The van der Waals surface area contributed by atoms with Crippen molar-refractivity contribution in [1.82, 2.24) is 0 Å². The second-order valence-electron chi connectivity index (χ2n) is 6.24. The van der Waals surface area contributed by atoms with Gasteiger partial charge in [-0.25, -0.2) is 0 Å². The molecule has 124 valence electrons. The molecule has 1 nitrogen and oxygen atoms in total. The second-order valence-corrected chi connectivity index (χ2v) is 6.24. The van der Waals surface area contributed by atoms with Gasteiger partial charge in [-0.05, 0) is 22.3 Å². The fourth-order valence-electron chi connectivity index (χ4n) is 2.90. The number of hydrogen-bond acceptors (Lipinski definition) is 0. The first-order valence-electron chi connectivity index (χ1n) is 8.78. The molecule has 26 heavy (non-hydrogen) atoms. The second kappa shape index (κ2) is 7.62. The first-order valence-corrected chi connectivity index (χ1v) is 8.78. The Labute approximate surface area is 154 Å². The van der Waals surface area contributed by atoms with Gasteiger partial charge in [0.2, 0.25) is 5.52 Å². The highest BCUT2D eigenvalue weighted by molar-refractivity contribution is 5.73. The van der Waals surface area contributed by atoms with Crippen molar-refractivity contribution in [3.8, 4) is 0 Å². The summed E-state index contributed by atoms with van der Waals surface area (Å²) in [4.78, 5) is 0. The van der Waals surface area contributed by atoms with E-state index in [1.165, 1.54) is 27.8 Å². The van der Waals surface area contributed by atoms with E-state index >= 15 is 0 Å². The van der Waals surface area contributed by atoms with Crippen molar-refractivity contribution in [2.45, 2.75) is 0 Å². The van der Waals surface area contributed by atoms with E-state index in [0.717, 1.165) is 0 Å². The highest BCUT2D eigenvalue weighted by Gasteiger charge is 2.03. The Morgan fingerprint density at radius 1 is 0.462 bits per heavy atom. The van der Waals surface area contributed by atoms with Gasteiger partial charge in [0.25, 0.3) is 0 Å². The Balaban J connectivity index is 1.60. The van der Waals surface area contributed by atoms with Crippen LogP contribution < -0.4 is 4.40 Å². The first-order chi connectivity index (χ1) is 12.9. The van der Waals surface area contributed by atoms with Gasteiger partial charge in [-0.2, -0.15) is 4.40 Å². The van der Waals surface area contributed by atoms with E-state index in [0.29, 0.717) is 0 Å². The number of fused-ring (bicyclic) bond motifs is 1. The van der Waals surface area contributed by atoms with Crippen LogP contribution in [0.1, 0.15) is 22.3 Å². The van der Waals surface area contributed by atoms with E-state index in [1.54, 1.807) is 0 Å². The molecule has 2 aromatic heterocycles. The molecule has 0 aliphatic carbocycles. The lowest BCUT2D eigenvalue weighted by molar-refractivity contribution is -0.512. The number of hydrogen-bond donors (Lipinski definition) is 0. The minimum atomic E-state index is 1.18. The van der Waals surface area contributed by atoms with Gasteiger partial charge in [-0.1, -0.05) is 85.0 Å². The minimum Gasteiger partial charge on any atom is -0.167 e. The van der Waals surface area contributed by atoms with Crippen molar-refractivity contribution < 1.29 is 4.40 Å². The summed E-state index contributed by atoms with van der Waals surface area (Å²) in [6, 6.07) is 29.4. The Hall–Kier alpha value is -3.45. The summed E-state index contributed by atoms with van der Waals surface area (Å²) < 4.78 is 2.14. The summed E-state index contributed by atoms with van der Waals surface area (Å²) >= 11 is 0. The minimum absolute atomic E-state index is 1.18. The number of benzene rings is 2. The van der Waals surface area contributed by atoms with Crippen LogP contribution in [0.5, 0.6) is 0 Å². The van der Waals surface area contributed by atoms with Crippen LogP contribution in [0.4, 0.5) is 0 Å². The number of pyridine rings is 2. The SMILES string of the molecule is C(=C\c1cc[n+]2ccc(/C=C/c3ccccc3)cc2c1)/c1ccccc1. The molecule has 0 aliphatic rings. The maximum absolute atomic E-state index is 2.21. The molecule has 0 amide bonds. The van der Waals surface area contributed by atoms with Gasteiger partial charge in [0.05, 0.1) is 0 Å². The number of nitrogens with zero attached hydrogens (tertiary/aromatic N) is 1. The van der Waals surface area contributed by atoms with Gasteiger partial charge < -0.3 is 0 Å². The van der Waals surface area contributed by atoms with E-state index in [9.17, 15) is 0 Å². The quantitative estimate of drug-likeness (QED) is 0.417. The zero-order valence-electron chi connectivity index (χ0n) is 14.5. The van der Waals surface area contributed by atoms with Crippen molar-refractivity contribution >= 4 is 29.8 Å². The summed E-state index contributed by atoms with van der Waals surface area (Å²) in [7, 11) is 0. The predicted molar refractivity (Wildman–Crippen MR) is 110 cm³/mol. The number of rotatable bonds is 4. The van der Waals surface area contributed by atoms with Crippen molar-refractivity contribution in [3.05, 3.63) is 120 Å². The van der Waals surface area contributed by atoms with E-state index in [-0.39, 0.29) is 0 Å². The number of aromatic nitrogens is 1. The molecule has 0 N–H and O–H groups in total. The molecular formula is C25H20N+. The van der Waals surface area contributed by atoms with Gasteiger partial charge in [0, 0.05) is 24.3 Å². The summed E-state index contributed by atoms with van der Waals surface area (Å²) in [6.45, 7) is 0. The Morgan fingerprint density at radius 2 is 0.885 bits per heavy atom. The van der Waals surface area contributed by atoms with Crippen molar-refractivity contribution in [2.75, 3.05) is 0 Å². The summed E-state index contributed by atoms with van der Waals surface area (Å²) in [6.07, 6.45) is 12.8. The van der Waals surface area contributed by atoms with Crippen molar-refractivity contribution in [3.63, 3.8) is 0 Å². The molecule has 0 fully saturated rings. The van der Waals surface area contributed by atoms with Crippen LogP contribution in [0.2, 0.25) is 0 Å². The highest BCUT2D eigenvalue weighted by atomic mass is 14.8. The van der Waals surface area contributed by atoms with Crippen LogP contribution in [0.15, 0.2) is 97.3 Å². The smallest absolute Gasteiger partial charge is 0.167 e. The Morgan fingerprint density at radius 3 is 1.35 bits per heavy atom. The van der Waals surface area contributed by atoms with E-state index in [2.05, 4.69) is 114 Å². The molecule has 0 saturated carbocycles. The molecule has 0 atom stereocenters. The zero-order chi connectivity index (χ0) is 17.6. The molecule has 0 aliphatic heterocycles. The van der Waals surface area contributed by atoms with Crippen LogP contribution in [0, 0.1) is 0 Å². The highest BCUT2D eigenvalue weighted by Crippen LogP contribution is 2.12. The van der Waals surface area contributed by atoms with E-state index < -0.39 is 0 Å². The normalized spacial score (nSPS) is 11.5. The third-order valence-electron chi connectivity index (χ3n) is 4.32. The van der Waals surface area contributed by atoms with Crippen LogP contribution in [-0.2, 0) is 0 Å². The lowest BCUT2D eigenvalue weighted by Gasteiger charge is -1.97. The van der Waals surface area contributed by atoms with Gasteiger partial charge in [0.1, 0.15) is 0 Å². The molecule has 0 bridgehead atoms. The van der Waals surface area contributed by atoms with E-state index in [4.69, 9.17) is 0 Å². The van der Waals surface area contributed by atoms with Gasteiger partial charge in [-0.3, -0.25) is 0 Å². The van der Waals surface area contributed by atoms with Crippen LogP contribution in [0.3, 0.4) is 0 Å². The van der Waals surface area contributed by atoms with Gasteiger partial charge in [0.15, 0.2) is 12.4 Å². The molecule has 4 aromatic rings. The van der Waals surface area contributed by atoms with Crippen LogP contribution in [0.25, 0.3) is 29.8 Å². The van der Waals surface area contributed by atoms with Crippen LogP contribution in [-0.4, -0.2) is 0 Å². The van der Waals surface area contributed by atoms with E-state index in [1.807, 2.05) is 12.1 Å². The third-order valence-corrected chi connectivity index (χ3v) is 4.32. The summed E-state index contributed by atoms with van der Waals surface area (Å²) in [5.41, 5.74) is 5.98. The molecule has 2 aromatic carbocycles. The zero-order valence-corrected chi connectivity index (χ0v) is 14.5. The average Bonchev–Trinajstić information content (AvgIpc) is 2.72. The Kier molecular flexibility index (Phi) is 4.70. The predicted octanol–water partition coefficient (Wildman–Crippen LogP) is 5.77. The largest absolute Gasteiger partial charge is 0.211 e. The Bertz CT molecular complexity index is 977. The molecule has 0 unspecified atom stereocenters. The fraction of sp³-hybridized carbons (Fsp3) is 0. The van der Waals surface area contributed by atoms with Crippen molar-refractivity contribution in [1.29, 1.82) is 0 Å². The molecule has 0 radical (unpaired) electrons. The van der Waals surface area contributed by atoms with Gasteiger partial charge in [-0.15, -0.1) is 0 Å². The lowest BCUT2D eigenvalue weighted by atomic mass is 10.1. The van der Waals surface area contributed by atoms with Gasteiger partial charge >= 0.3 is 0 Å². The maximum atomic E-state index is 2.21. The van der Waals surface area contributed by atoms with Crippen molar-refractivity contribution in [2.24, 2.45) is 0 Å². The fourth-order valence-corrected chi connectivity index (χ4v) is 2.90. The molecule has 1 heteroatoms. The molecule has 0 saturated heterocycles. The standard InChI is InChI=1S/C25H20N/c1-3-7-21(8-4-1)11-13-23-15-17-26-18-16-24(20-25(26)19-23)14-12-22-9-5-2-6-10-22/h1-20H/q+1/b13-11+,14-12+. The average molecular weight is 334 g/mol. The molecule has 0 spiro atoms. The monoisotopic (exact) mass is 334 g/mol. The summed E-state index contributed by atoms with van der Waals surface area (Å²) in [5.74, 6) is 0.